The lowest BCUT2D eigenvalue weighted by molar-refractivity contribution is -0.116. The molecule has 0 saturated heterocycles. The van der Waals surface area contributed by atoms with Gasteiger partial charge in [-0.05, 0) is 24.3 Å². The van der Waals surface area contributed by atoms with Crippen molar-refractivity contribution < 1.29 is 13.6 Å². The number of pyridine rings is 1. The van der Waals surface area contributed by atoms with E-state index >= 15 is 0 Å². The number of nitrogens with zero attached hydrogens (tertiary/aromatic N) is 2. The highest BCUT2D eigenvalue weighted by atomic mass is 32.1. The molecule has 0 unspecified atom stereocenters. The van der Waals surface area contributed by atoms with Crippen LogP contribution in [0.4, 0.5) is 14.5 Å². The summed E-state index contributed by atoms with van der Waals surface area (Å²) in [4.78, 5) is 20.3. The predicted molar refractivity (Wildman–Crippen MR) is 88.7 cm³/mol. The molecule has 2 heterocycles. The number of carbonyl (C=O) groups is 1. The lowest BCUT2D eigenvalue weighted by atomic mass is 10.2. The van der Waals surface area contributed by atoms with Crippen molar-refractivity contribution in [3.05, 3.63) is 64.7 Å². The van der Waals surface area contributed by atoms with E-state index in [1.807, 2.05) is 17.5 Å². The molecule has 4 nitrogen and oxygen atoms in total. The average Bonchev–Trinajstić information content (AvgIpc) is 3.06. The van der Waals surface area contributed by atoms with Crippen LogP contribution in [0, 0.1) is 11.6 Å². The summed E-state index contributed by atoms with van der Waals surface area (Å²) in [6.07, 6.45) is 3.87. The molecule has 2 aromatic heterocycles. The second kappa shape index (κ2) is 7.27. The van der Waals surface area contributed by atoms with Gasteiger partial charge in [0.2, 0.25) is 5.91 Å². The maximum Gasteiger partial charge on any atom is 0.224 e. The Balaban J connectivity index is 1.60. The van der Waals surface area contributed by atoms with Crippen molar-refractivity contribution in [3.8, 4) is 11.3 Å². The molecule has 0 aliphatic carbocycles. The van der Waals surface area contributed by atoms with Gasteiger partial charge in [0.25, 0.3) is 0 Å². The zero-order valence-corrected chi connectivity index (χ0v) is 13.3. The smallest absolute Gasteiger partial charge is 0.224 e. The number of aromatic nitrogens is 2. The summed E-state index contributed by atoms with van der Waals surface area (Å²) in [5.41, 5.74) is 1.35. The van der Waals surface area contributed by atoms with Crippen LogP contribution in [0.2, 0.25) is 0 Å². The third kappa shape index (κ3) is 3.80. The molecule has 0 spiro atoms. The highest BCUT2D eigenvalue weighted by Gasteiger charge is 2.13. The molecule has 0 bridgehead atoms. The number of nitrogens with one attached hydrogen (secondary N) is 1. The minimum atomic E-state index is -0.794. The topological polar surface area (TPSA) is 54.9 Å². The molecular weight excluding hydrogens is 332 g/mol. The van der Waals surface area contributed by atoms with Crippen molar-refractivity contribution >= 4 is 22.9 Å². The van der Waals surface area contributed by atoms with Crippen molar-refractivity contribution in [2.75, 3.05) is 5.32 Å². The van der Waals surface area contributed by atoms with E-state index in [2.05, 4.69) is 15.3 Å². The molecule has 3 aromatic rings. The van der Waals surface area contributed by atoms with Crippen molar-refractivity contribution in [1.82, 2.24) is 9.97 Å². The van der Waals surface area contributed by atoms with E-state index < -0.39 is 23.2 Å². The molecule has 0 aliphatic heterocycles. The van der Waals surface area contributed by atoms with Crippen LogP contribution in [-0.4, -0.2) is 15.9 Å². The molecular formula is C17H13F2N3OS. The summed E-state index contributed by atoms with van der Waals surface area (Å²) in [5.74, 6) is -2.05. The van der Waals surface area contributed by atoms with Gasteiger partial charge in [-0.15, -0.1) is 11.3 Å². The fraction of sp³-hybridized carbons (Fsp3) is 0.118. The van der Waals surface area contributed by atoms with Crippen LogP contribution < -0.4 is 5.32 Å². The number of thiazole rings is 1. The molecule has 24 heavy (non-hydrogen) atoms. The highest BCUT2D eigenvalue weighted by molar-refractivity contribution is 7.09. The molecule has 122 valence electrons. The zero-order chi connectivity index (χ0) is 16.9. The van der Waals surface area contributed by atoms with E-state index in [0.717, 1.165) is 28.4 Å². The molecule has 3 rings (SSSR count). The fourth-order valence-corrected chi connectivity index (χ4v) is 2.93. The van der Waals surface area contributed by atoms with E-state index in [4.69, 9.17) is 0 Å². The van der Waals surface area contributed by atoms with Crippen molar-refractivity contribution in [2.45, 2.75) is 12.8 Å². The Labute approximate surface area is 141 Å². The third-order valence-corrected chi connectivity index (χ3v) is 4.23. The number of para-hydroxylation sites is 1. The molecule has 7 heteroatoms. The first-order valence-electron chi connectivity index (χ1n) is 7.22. The van der Waals surface area contributed by atoms with Crippen LogP contribution in [0.5, 0.6) is 0 Å². The second-order valence-electron chi connectivity index (χ2n) is 5.01. The Morgan fingerprint density at radius 1 is 1.12 bits per heavy atom. The van der Waals surface area contributed by atoms with Gasteiger partial charge >= 0.3 is 0 Å². The van der Waals surface area contributed by atoms with Gasteiger partial charge in [0, 0.05) is 36.2 Å². The van der Waals surface area contributed by atoms with Crippen LogP contribution in [0.25, 0.3) is 11.3 Å². The first-order chi connectivity index (χ1) is 11.6. The van der Waals surface area contributed by atoms with E-state index in [-0.39, 0.29) is 6.42 Å². The lowest BCUT2D eigenvalue weighted by Crippen LogP contribution is -2.14. The number of hydrogen-bond acceptors (Lipinski definition) is 4. The Morgan fingerprint density at radius 3 is 2.54 bits per heavy atom. The number of halogens is 2. The maximum atomic E-state index is 13.5. The van der Waals surface area contributed by atoms with Crippen LogP contribution in [0.15, 0.2) is 48.1 Å². The summed E-state index contributed by atoms with van der Waals surface area (Å²) in [6.45, 7) is 0. The van der Waals surface area contributed by atoms with Gasteiger partial charge in [0.05, 0.1) is 10.7 Å². The summed E-state index contributed by atoms with van der Waals surface area (Å²) in [6, 6.07) is 7.15. The van der Waals surface area contributed by atoms with Gasteiger partial charge in [-0.1, -0.05) is 6.07 Å². The van der Waals surface area contributed by atoms with Crippen molar-refractivity contribution in [1.29, 1.82) is 0 Å². The Kier molecular flexibility index (Phi) is 4.90. The molecule has 0 aliphatic rings. The van der Waals surface area contributed by atoms with E-state index in [0.29, 0.717) is 6.42 Å². The molecule has 1 aromatic carbocycles. The molecule has 1 amide bonds. The van der Waals surface area contributed by atoms with Crippen LogP contribution in [0.1, 0.15) is 11.4 Å². The molecule has 0 saturated carbocycles. The second-order valence-corrected chi connectivity index (χ2v) is 5.95. The minimum absolute atomic E-state index is 0.0943. The van der Waals surface area contributed by atoms with Crippen LogP contribution >= 0.6 is 11.3 Å². The molecule has 0 atom stereocenters. The number of anilines is 1. The standard InChI is InChI=1S/C17H13F2N3OS/c18-12-2-1-3-13(19)17(12)22-15(23)4-5-16-21-14(10-24-16)11-6-8-20-9-7-11/h1-3,6-10H,4-5H2,(H,22,23). The molecule has 0 fully saturated rings. The van der Waals surface area contributed by atoms with Crippen LogP contribution in [-0.2, 0) is 11.2 Å². The first-order valence-corrected chi connectivity index (χ1v) is 8.10. The SMILES string of the molecule is O=C(CCc1nc(-c2ccncc2)cs1)Nc1c(F)cccc1F. The third-order valence-electron chi connectivity index (χ3n) is 3.32. The van der Waals surface area contributed by atoms with Gasteiger partial charge in [-0.2, -0.15) is 0 Å². The number of amides is 1. The Hall–Kier alpha value is -2.67. The largest absolute Gasteiger partial charge is 0.321 e. The van der Waals surface area contributed by atoms with Gasteiger partial charge in [-0.25, -0.2) is 13.8 Å². The van der Waals surface area contributed by atoms with Crippen molar-refractivity contribution in [2.24, 2.45) is 0 Å². The monoisotopic (exact) mass is 345 g/mol. The summed E-state index contributed by atoms with van der Waals surface area (Å²) < 4.78 is 27.0. The normalized spacial score (nSPS) is 10.6. The van der Waals surface area contributed by atoms with Gasteiger partial charge in [0.1, 0.15) is 17.3 Å². The molecule has 0 radical (unpaired) electrons. The van der Waals surface area contributed by atoms with Gasteiger partial charge in [-0.3, -0.25) is 9.78 Å². The number of benzene rings is 1. The quantitative estimate of drug-likeness (QED) is 0.759. The summed E-state index contributed by atoms with van der Waals surface area (Å²) >= 11 is 1.44. The Bertz CT molecular complexity index is 832. The van der Waals surface area contributed by atoms with E-state index in [1.165, 1.54) is 17.4 Å². The highest BCUT2D eigenvalue weighted by Crippen LogP contribution is 2.22. The van der Waals surface area contributed by atoms with Gasteiger partial charge < -0.3 is 5.32 Å². The number of aryl methyl sites for hydroxylation is 1. The van der Waals surface area contributed by atoms with E-state index in [1.54, 1.807) is 12.4 Å². The van der Waals surface area contributed by atoms with E-state index in [9.17, 15) is 13.6 Å². The summed E-state index contributed by atoms with van der Waals surface area (Å²) in [5, 5.41) is 4.95. The number of carbonyl (C=O) groups excluding carboxylic acids is 1. The number of hydrogen-bond donors (Lipinski definition) is 1. The first kappa shape index (κ1) is 16.2. The minimum Gasteiger partial charge on any atom is -0.321 e. The maximum absolute atomic E-state index is 13.5. The average molecular weight is 345 g/mol. The van der Waals surface area contributed by atoms with Crippen molar-refractivity contribution in [3.63, 3.8) is 0 Å². The lowest BCUT2D eigenvalue weighted by Gasteiger charge is -2.06. The number of rotatable bonds is 5. The fourth-order valence-electron chi connectivity index (χ4n) is 2.12. The zero-order valence-electron chi connectivity index (χ0n) is 12.5. The van der Waals surface area contributed by atoms with Crippen LogP contribution in [0.3, 0.4) is 0 Å². The summed E-state index contributed by atoms with van der Waals surface area (Å²) in [7, 11) is 0. The Morgan fingerprint density at radius 2 is 1.83 bits per heavy atom. The molecule has 1 N–H and O–H groups in total. The van der Waals surface area contributed by atoms with Gasteiger partial charge in [0.15, 0.2) is 0 Å². The predicted octanol–water partition coefficient (Wildman–Crippen LogP) is 4.05.